The molecule has 0 saturated heterocycles. The van der Waals surface area contributed by atoms with Gasteiger partial charge in [0.25, 0.3) is 0 Å². The zero-order valence-corrected chi connectivity index (χ0v) is 19.5. The molecule has 0 unspecified atom stereocenters. The van der Waals surface area contributed by atoms with E-state index in [-0.39, 0.29) is 24.4 Å². The highest BCUT2D eigenvalue weighted by atomic mass is 16.5. The number of hydrogen-bond acceptors (Lipinski definition) is 4. The molecule has 3 N–H and O–H groups in total. The molecular weight excluding hydrogens is 420 g/mol. The topological polar surface area (TPSA) is 105 Å². The molecular formula is C26H32N2O5. The van der Waals surface area contributed by atoms with E-state index in [1.165, 1.54) is 0 Å². The maximum absolute atomic E-state index is 12.8. The van der Waals surface area contributed by atoms with Crippen LogP contribution in [-0.2, 0) is 14.3 Å². The lowest BCUT2D eigenvalue weighted by Crippen LogP contribution is -2.53. The predicted molar refractivity (Wildman–Crippen MR) is 126 cm³/mol. The summed E-state index contributed by atoms with van der Waals surface area (Å²) in [6.07, 6.45) is -0.338. The highest BCUT2D eigenvalue weighted by Gasteiger charge is 2.31. The molecule has 0 radical (unpaired) electrons. The van der Waals surface area contributed by atoms with Gasteiger partial charge in [0.1, 0.15) is 18.7 Å². The summed E-state index contributed by atoms with van der Waals surface area (Å²) < 4.78 is 5.56. The van der Waals surface area contributed by atoms with E-state index in [2.05, 4.69) is 22.8 Å². The van der Waals surface area contributed by atoms with Crippen molar-refractivity contribution >= 4 is 18.0 Å². The Kier molecular flexibility index (Phi) is 7.74. The first kappa shape index (κ1) is 24.3. The predicted octanol–water partition coefficient (Wildman–Crippen LogP) is 4.17. The van der Waals surface area contributed by atoms with E-state index < -0.39 is 30.1 Å². The number of carbonyl (C=O) groups is 3. The van der Waals surface area contributed by atoms with Crippen LogP contribution in [0.3, 0.4) is 0 Å². The summed E-state index contributed by atoms with van der Waals surface area (Å²) in [5.41, 5.74) is 4.47. The summed E-state index contributed by atoms with van der Waals surface area (Å²) in [6.45, 7) is 7.43. The van der Waals surface area contributed by atoms with Crippen LogP contribution in [0.4, 0.5) is 4.79 Å². The molecule has 0 spiro atoms. The van der Waals surface area contributed by atoms with Crippen LogP contribution < -0.4 is 10.6 Å². The molecule has 0 aromatic heterocycles. The molecule has 7 heteroatoms. The number of carboxylic acid groups (broad SMARTS) is 1. The molecule has 0 aliphatic heterocycles. The van der Waals surface area contributed by atoms with Gasteiger partial charge in [0.15, 0.2) is 0 Å². The summed E-state index contributed by atoms with van der Waals surface area (Å²) >= 11 is 0. The van der Waals surface area contributed by atoms with Gasteiger partial charge in [0.2, 0.25) is 5.91 Å². The molecule has 0 fully saturated rings. The largest absolute Gasteiger partial charge is 0.480 e. The number of amides is 2. The van der Waals surface area contributed by atoms with Gasteiger partial charge in [-0.25, -0.2) is 9.59 Å². The number of rotatable bonds is 9. The summed E-state index contributed by atoms with van der Waals surface area (Å²) in [4.78, 5) is 36.9. The average molecular weight is 453 g/mol. The summed E-state index contributed by atoms with van der Waals surface area (Å²) in [6, 6.07) is 14.2. The molecule has 1 aliphatic carbocycles. The summed E-state index contributed by atoms with van der Waals surface area (Å²) in [5, 5.41) is 14.6. The number of alkyl carbamates (subject to hydrolysis) is 1. The highest BCUT2D eigenvalue weighted by Crippen LogP contribution is 2.44. The van der Waals surface area contributed by atoms with Crippen molar-refractivity contribution in [2.45, 2.75) is 52.1 Å². The minimum atomic E-state index is -1.11. The Morgan fingerprint density at radius 3 is 1.94 bits per heavy atom. The van der Waals surface area contributed by atoms with Gasteiger partial charge in [-0.1, -0.05) is 76.2 Å². The minimum Gasteiger partial charge on any atom is -0.480 e. The van der Waals surface area contributed by atoms with Crippen LogP contribution in [-0.4, -0.2) is 41.8 Å². The minimum absolute atomic E-state index is 0.0853. The summed E-state index contributed by atoms with van der Waals surface area (Å²) in [7, 11) is 0. The second kappa shape index (κ2) is 10.5. The quantitative estimate of drug-likeness (QED) is 0.530. The third-order valence-corrected chi connectivity index (χ3v) is 5.89. The first-order valence-corrected chi connectivity index (χ1v) is 11.3. The molecule has 0 saturated carbocycles. The van der Waals surface area contributed by atoms with Gasteiger partial charge in [-0.2, -0.15) is 0 Å². The first-order chi connectivity index (χ1) is 15.7. The first-order valence-electron chi connectivity index (χ1n) is 11.3. The Morgan fingerprint density at radius 2 is 1.45 bits per heavy atom. The van der Waals surface area contributed by atoms with Crippen LogP contribution in [0.2, 0.25) is 0 Å². The van der Waals surface area contributed by atoms with Crippen molar-refractivity contribution in [3.63, 3.8) is 0 Å². The number of nitrogens with one attached hydrogen (secondary N) is 2. The maximum atomic E-state index is 12.8. The fourth-order valence-electron chi connectivity index (χ4n) is 4.25. The number of fused-ring (bicyclic) bond motifs is 3. The van der Waals surface area contributed by atoms with Crippen molar-refractivity contribution in [1.82, 2.24) is 10.6 Å². The highest BCUT2D eigenvalue weighted by molar-refractivity contribution is 5.89. The van der Waals surface area contributed by atoms with E-state index in [0.29, 0.717) is 6.42 Å². The van der Waals surface area contributed by atoms with Crippen molar-refractivity contribution in [1.29, 1.82) is 0 Å². The number of aliphatic carboxylic acids is 1. The van der Waals surface area contributed by atoms with Gasteiger partial charge >= 0.3 is 12.1 Å². The maximum Gasteiger partial charge on any atom is 0.407 e. The van der Waals surface area contributed by atoms with E-state index in [1.54, 1.807) is 13.8 Å². The zero-order valence-electron chi connectivity index (χ0n) is 19.5. The van der Waals surface area contributed by atoms with Gasteiger partial charge in [-0.15, -0.1) is 0 Å². The van der Waals surface area contributed by atoms with Crippen LogP contribution in [0.1, 0.15) is 51.2 Å². The van der Waals surface area contributed by atoms with Crippen molar-refractivity contribution in [2.75, 3.05) is 6.61 Å². The smallest absolute Gasteiger partial charge is 0.407 e. The fourth-order valence-corrected chi connectivity index (χ4v) is 4.25. The number of carbonyl (C=O) groups excluding carboxylic acids is 2. The second-order valence-corrected chi connectivity index (χ2v) is 9.22. The summed E-state index contributed by atoms with van der Waals surface area (Å²) in [5.74, 6) is -1.91. The Balaban J connectivity index is 1.67. The molecule has 176 valence electrons. The fraction of sp³-hybridized carbons (Fsp3) is 0.423. The van der Waals surface area contributed by atoms with Gasteiger partial charge in [0, 0.05) is 5.92 Å². The number of ether oxygens (including phenoxy) is 1. The SMILES string of the molecule is CC(C)C[C@H](NC(=O)OCC1c2ccccc2-c2ccccc21)C(=O)N[C@@H](C(=O)O)C(C)C. The van der Waals surface area contributed by atoms with Crippen LogP contribution in [0.5, 0.6) is 0 Å². The van der Waals surface area contributed by atoms with Crippen molar-refractivity contribution in [3.8, 4) is 11.1 Å². The van der Waals surface area contributed by atoms with Gasteiger partial charge in [0.05, 0.1) is 0 Å². The van der Waals surface area contributed by atoms with Crippen LogP contribution in [0.25, 0.3) is 11.1 Å². The zero-order chi connectivity index (χ0) is 24.1. The van der Waals surface area contributed by atoms with E-state index in [0.717, 1.165) is 22.3 Å². The van der Waals surface area contributed by atoms with Crippen molar-refractivity contribution in [3.05, 3.63) is 59.7 Å². The van der Waals surface area contributed by atoms with Gasteiger partial charge in [-0.05, 0) is 40.5 Å². The Morgan fingerprint density at radius 1 is 0.909 bits per heavy atom. The molecule has 0 bridgehead atoms. The van der Waals surface area contributed by atoms with Gasteiger partial charge < -0.3 is 20.5 Å². The molecule has 33 heavy (non-hydrogen) atoms. The van der Waals surface area contributed by atoms with Gasteiger partial charge in [-0.3, -0.25) is 4.79 Å². The molecule has 2 aromatic rings. The second-order valence-electron chi connectivity index (χ2n) is 9.22. The van der Waals surface area contributed by atoms with Crippen LogP contribution in [0, 0.1) is 11.8 Å². The van der Waals surface area contributed by atoms with Crippen LogP contribution >= 0.6 is 0 Å². The third-order valence-electron chi connectivity index (χ3n) is 5.89. The Bertz CT molecular complexity index is 972. The van der Waals surface area contributed by atoms with E-state index in [9.17, 15) is 19.5 Å². The number of carboxylic acids is 1. The third kappa shape index (κ3) is 5.72. The van der Waals surface area contributed by atoms with Crippen molar-refractivity contribution in [2.24, 2.45) is 11.8 Å². The lowest BCUT2D eigenvalue weighted by Gasteiger charge is -2.24. The number of hydrogen-bond donors (Lipinski definition) is 3. The molecule has 2 amide bonds. The standard InChI is InChI=1S/C26H32N2O5/c1-15(2)13-22(24(29)28-23(16(3)4)25(30)31)27-26(32)33-14-21-19-11-7-5-9-17(19)18-10-6-8-12-20(18)21/h5-12,15-16,21-23H,13-14H2,1-4H3,(H,27,32)(H,28,29)(H,30,31)/t22-,23+/m0/s1. The lowest BCUT2D eigenvalue weighted by molar-refractivity contribution is -0.143. The Labute approximate surface area is 194 Å². The monoisotopic (exact) mass is 452 g/mol. The van der Waals surface area contributed by atoms with E-state index >= 15 is 0 Å². The normalized spacial score (nSPS) is 14.4. The Hall–Kier alpha value is -3.35. The molecule has 2 atom stereocenters. The number of benzene rings is 2. The lowest BCUT2D eigenvalue weighted by atomic mass is 9.98. The van der Waals surface area contributed by atoms with E-state index in [1.807, 2.05) is 50.2 Å². The molecule has 1 aliphatic rings. The van der Waals surface area contributed by atoms with Crippen LogP contribution in [0.15, 0.2) is 48.5 Å². The molecule has 0 heterocycles. The van der Waals surface area contributed by atoms with Crippen molar-refractivity contribution < 1.29 is 24.2 Å². The molecule has 7 nitrogen and oxygen atoms in total. The van der Waals surface area contributed by atoms with E-state index in [4.69, 9.17) is 4.74 Å². The molecule has 2 aromatic carbocycles. The average Bonchev–Trinajstić information content (AvgIpc) is 3.08. The molecule has 3 rings (SSSR count).